The average Bonchev–Trinajstić information content (AvgIpc) is 2.74. The van der Waals surface area contributed by atoms with E-state index < -0.39 is 0 Å². The molecule has 7 heteroatoms. The van der Waals surface area contributed by atoms with Crippen LogP contribution in [0, 0.1) is 19.8 Å². The van der Waals surface area contributed by atoms with Crippen LogP contribution in [0.3, 0.4) is 0 Å². The minimum Gasteiger partial charge on any atom is -0.496 e. The highest BCUT2D eigenvalue weighted by Gasteiger charge is 2.34. The summed E-state index contributed by atoms with van der Waals surface area (Å²) in [6.07, 6.45) is 3.14. The lowest BCUT2D eigenvalue weighted by molar-refractivity contribution is -0.121. The number of anilines is 3. The molecule has 0 radical (unpaired) electrons. The molecule has 2 aromatic rings. The van der Waals surface area contributed by atoms with E-state index >= 15 is 0 Å². The first-order valence-corrected chi connectivity index (χ1v) is 10.8. The van der Waals surface area contributed by atoms with E-state index in [-0.39, 0.29) is 23.9 Å². The van der Waals surface area contributed by atoms with E-state index in [2.05, 4.69) is 10.6 Å². The molecule has 31 heavy (non-hydrogen) atoms. The number of nitrogens with two attached hydrogens (primary N) is 1. The Balaban J connectivity index is 1.37. The number of nitrogens with one attached hydrogen (secondary N) is 2. The third kappa shape index (κ3) is 4.31. The summed E-state index contributed by atoms with van der Waals surface area (Å²) in [5.41, 5.74) is 11.4. The highest BCUT2D eigenvalue weighted by atomic mass is 16.5. The number of nitrogen functional groups attached to an aromatic ring is 1. The van der Waals surface area contributed by atoms with Crippen LogP contribution in [0.5, 0.6) is 5.75 Å². The van der Waals surface area contributed by atoms with Crippen molar-refractivity contribution in [1.82, 2.24) is 4.90 Å². The molecule has 0 saturated heterocycles. The zero-order valence-corrected chi connectivity index (χ0v) is 18.3. The summed E-state index contributed by atoms with van der Waals surface area (Å²) in [7, 11) is 1.63. The summed E-state index contributed by atoms with van der Waals surface area (Å²) in [4.78, 5) is 27.4. The zero-order chi connectivity index (χ0) is 22.1. The predicted molar refractivity (Wildman–Crippen MR) is 122 cm³/mol. The van der Waals surface area contributed by atoms with Crippen molar-refractivity contribution in [1.29, 1.82) is 0 Å². The van der Waals surface area contributed by atoms with Gasteiger partial charge in [0.2, 0.25) is 5.91 Å². The normalized spacial score (nSPS) is 20.6. The van der Waals surface area contributed by atoms with Gasteiger partial charge in [0.05, 0.1) is 13.7 Å². The van der Waals surface area contributed by atoms with E-state index in [4.69, 9.17) is 10.5 Å². The fourth-order valence-electron chi connectivity index (χ4n) is 4.68. The second-order valence-corrected chi connectivity index (χ2v) is 8.60. The maximum atomic E-state index is 12.8. The molecule has 0 atom stereocenters. The molecule has 164 valence electrons. The molecule has 0 spiro atoms. The standard InChI is InChI=1S/C24H30N4O3/c1-14-4-7-18(12-22(14)31-3)26-23(29)16-5-8-19(9-6-16)28-13-20-15(2)10-17(25)11-21(20)27-24(28)30/h4,7,10-12,16,19H,5-6,8-9,13,25H2,1-3H3,(H,26,29)(H,27,30). The smallest absolute Gasteiger partial charge is 0.322 e. The Hall–Kier alpha value is -3.22. The van der Waals surface area contributed by atoms with Gasteiger partial charge in [0.1, 0.15) is 5.75 Å². The molecule has 1 heterocycles. The first-order chi connectivity index (χ1) is 14.9. The predicted octanol–water partition coefficient (Wildman–Crippen LogP) is 4.44. The lowest BCUT2D eigenvalue weighted by atomic mass is 9.84. The molecule has 0 bridgehead atoms. The minimum atomic E-state index is -0.0860. The Bertz CT molecular complexity index is 1010. The first kappa shape index (κ1) is 21.0. The third-order valence-electron chi connectivity index (χ3n) is 6.51. The molecule has 2 aromatic carbocycles. The van der Waals surface area contributed by atoms with Crippen LogP contribution in [0.2, 0.25) is 0 Å². The molecule has 4 N–H and O–H groups in total. The zero-order valence-electron chi connectivity index (χ0n) is 18.3. The van der Waals surface area contributed by atoms with Crippen LogP contribution in [0.1, 0.15) is 42.4 Å². The average molecular weight is 423 g/mol. The monoisotopic (exact) mass is 422 g/mol. The van der Waals surface area contributed by atoms with Gasteiger partial charge in [-0.15, -0.1) is 0 Å². The molecule has 1 saturated carbocycles. The summed E-state index contributed by atoms with van der Waals surface area (Å²) in [5.74, 6) is 0.740. The quantitative estimate of drug-likeness (QED) is 0.635. The Labute approximate surface area is 182 Å². The minimum absolute atomic E-state index is 0.0316. The maximum Gasteiger partial charge on any atom is 0.322 e. The van der Waals surface area contributed by atoms with Crippen LogP contribution in [0.25, 0.3) is 0 Å². The van der Waals surface area contributed by atoms with E-state index in [1.54, 1.807) is 7.11 Å². The highest BCUT2D eigenvalue weighted by Crippen LogP contribution is 2.35. The van der Waals surface area contributed by atoms with Crippen molar-refractivity contribution in [2.24, 2.45) is 5.92 Å². The number of aryl methyl sites for hydroxylation is 2. The Morgan fingerprint density at radius 1 is 1.13 bits per heavy atom. The Morgan fingerprint density at radius 2 is 1.87 bits per heavy atom. The van der Waals surface area contributed by atoms with Crippen molar-refractivity contribution in [3.63, 3.8) is 0 Å². The van der Waals surface area contributed by atoms with Gasteiger partial charge in [-0.3, -0.25) is 4.79 Å². The van der Waals surface area contributed by atoms with Crippen molar-refractivity contribution in [3.8, 4) is 5.75 Å². The SMILES string of the molecule is COc1cc(NC(=O)C2CCC(N3Cc4c(C)cc(N)cc4NC3=O)CC2)ccc1C. The van der Waals surface area contributed by atoms with Crippen LogP contribution >= 0.6 is 0 Å². The molecule has 7 nitrogen and oxygen atoms in total. The van der Waals surface area contributed by atoms with E-state index in [1.165, 1.54) is 0 Å². The van der Waals surface area contributed by atoms with Crippen molar-refractivity contribution in [2.45, 2.75) is 52.1 Å². The van der Waals surface area contributed by atoms with Crippen molar-refractivity contribution < 1.29 is 14.3 Å². The topological polar surface area (TPSA) is 96.7 Å². The van der Waals surface area contributed by atoms with Crippen molar-refractivity contribution >= 4 is 29.0 Å². The second kappa shape index (κ2) is 8.49. The Morgan fingerprint density at radius 3 is 2.58 bits per heavy atom. The van der Waals surface area contributed by atoms with E-state index in [0.29, 0.717) is 12.2 Å². The number of rotatable bonds is 4. The van der Waals surface area contributed by atoms with Crippen LogP contribution in [0.15, 0.2) is 30.3 Å². The van der Waals surface area contributed by atoms with Crippen LogP contribution in [-0.4, -0.2) is 30.0 Å². The molecular formula is C24H30N4O3. The first-order valence-electron chi connectivity index (χ1n) is 10.8. The van der Waals surface area contributed by atoms with Crippen LogP contribution in [-0.2, 0) is 11.3 Å². The van der Waals surface area contributed by atoms with Crippen LogP contribution in [0.4, 0.5) is 21.9 Å². The van der Waals surface area contributed by atoms with Gasteiger partial charge in [0.15, 0.2) is 0 Å². The lowest BCUT2D eigenvalue weighted by Gasteiger charge is -2.39. The summed E-state index contributed by atoms with van der Waals surface area (Å²) in [5, 5.41) is 6.01. The number of nitrogens with zero attached hydrogens (tertiary/aromatic N) is 1. The molecule has 3 amide bonds. The molecular weight excluding hydrogens is 392 g/mol. The summed E-state index contributed by atoms with van der Waals surface area (Å²) >= 11 is 0. The van der Waals surface area contributed by atoms with Gasteiger partial charge in [-0.05, 0) is 74.4 Å². The number of ether oxygens (including phenoxy) is 1. The summed E-state index contributed by atoms with van der Waals surface area (Å²) in [6.45, 7) is 4.57. The van der Waals surface area contributed by atoms with E-state index in [1.807, 2.05) is 49.1 Å². The van der Waals surface area contributed by atoms with Gasteiger partial charge in [0.25, 0.3) is 0 Å². The van der Waals surface area contributed by atoms with Gasteiger partial charge >= 0.3 is 6.03 Å². The number of hydrogen-bond acceptors (Lipinski definition) is 4. The number of carbonyl (C=O) groups is 2. The van der Waals surface area contributed by atoms with Crippen LogP contribution < -0.4 is 21.1 Å². The van der Waals surface area contributed by atoms with Crippen molar-refractivity contribution in [3.05, 3.63) is 47.0 Å². The van der Waals surface area contributed by atoms with Gasteiger partial charge in [-0.1, -0.05) is 6.07 Å². The number of amides is 3. The maximum absolute atomic E-state index is 12.8. The fraction of sp³-hybridized carbons (Fsp3) is 0.417. The molecule has 1 fully saturated rings. The van der Waals surface area contributed by atoms with Gasteiger partial charge < -0.3 is 26.0 Å². The molecule has 1 aliphatic carbocycles. The van der Waals surface area contributed by atoms with Crippen molar-refractivity contribution in [2.75, 3.05) is 23.5 Å². The molecule has 0 unspecified atom stereocenters. The molecule has 0 aromatic heterocycles. The fourth-order valence-corrected chi connectivity index (χ4v) is 4.68. The van der Waals surface area contributed by atoms with E-state index in [9.17, 15) is 9.59 Å². The van der Waals surface area contributed by atoms with Gasteiger partial charge in [-0.25, -0.2) is 4.79 Å². The number of hydrogen-bond donors (Lipinski definition) is 3. The third-order valence-corrected chi connectivity index (χ3v) is 6.51. The second-order valence-electron chi connectivity index (χ2n) is 8.60. The summed E-state index contributed by atoms with van der Waals surface area (Å²) in [6, 6.07) is 9.49. The molecule has 1 aliphatic heterocycles. The van der Waals surface area contributed by atoms with Gasteiger partial charge in [-0.2, -0.15) is 0 Å². The number of carbonyl (C=O) groups excluding carboxylic acids is 2. The molecule has 4 rings (SSSR count). The summed E-state index contributed by atoms with van der Waals surface area (Å²) < 4.78 is 5.34. The number of fused-ring (bicyclic) bond motifs is 1. The highest BCUT2D eigenvalue weighted by molar-refractivity contribution is 5.94. The largest absolute Gasteiger partial charge is 0.496 e. The number of benzene rings is 2. The van der Waals surface area contributed by atoms with E-state index in [0.717, 1.165) is 59.5 Å². The molecule has 2 aliphatic rings. The van der Waals surface area contributed by atoms with Gasteiger partial charge in [0, 0.05) is 35.1 Å². The number of urea groups is 1. The number of methoxy groups -OCH3 is 1. The Kier molecular flexibility index (Phi) is 5.76. The lowest BCUT2D eigenvalue weighted by Crippen LogP contribution is -2.47.